The van der Waals surface area contributed by atoms with Gasteiger partial charge < -0.3 is 10.1 Å². The summed E-state index contributed by atoms with van der Waals surface area (Å²) in [7, 11) is 0. The van der Waals surface area contributed by atoms with Gasteiger partial charge in [-0.05, 0) is 36.8 Å². The average molecular weight is 353 g/mol. The minimum Gasteiger partial charge on any atom is -0.452 e. The second-order valence-corrected chi connectivity index (χ2v) is 5.56. The van der Waals surface area contributed by atoms with Crippen LogP contribution in [0.1, 0.15) is 28.9 Å². The van der Waals surface area contributed by atoms with Gasteiger partial charge in [0.2, 0.25) is 0 Å². The highest BCUT2D eigenvalue weighted by molar-refractivity contribution is 6.32. The molecule has 1 N–H and O–H groups in total. The van der Waals surface area contributed by atoms with Gasteiger partial charge in [0.25, 0.3) is 5.91 Å². The number of nitrogens with one attached hydrogen (secondary N) is 1. The number of carbonyl (C=O) groups excluding carboxylic acids is 2. The first-order valence-corrected chi connectivity index (χ1v) is 7.55. The minimum absolute atomic E-state index is 0.0326. The topological polar surface area (TPSA) is 68.3 Å². The van der Waals surface area contributed by atoms with E-state index in [0.29, 0.717) is 5.02 Å². The molecule has 1 heterocycles. The second-order valence-electron chi connectivity index (χ2n) is 4.76. The number of rotatable bonds is 5. The van der Waals surface area contributed by atoms with Crippen LogP contribution >= 0.6 is 23.2 Å². The Morgan fingerprint density at radius 3 is 2.74 bits per heavy atom. The van der Waals surface area contributed by atoms with Gasteiger partial charge >= 0.3 is 5.97 Å². The Balaban J connectivity index is 1.88. The molecule has 0 bridgehead atoms. The number of esters is 1. The number of carbonyl (C=O) groups is 2. The van der Waals surface area contributed by atoms with Crippen molar-refractivity contribution >= 4 is 35.1 Å². The third-order valence-electron chi connectivity index (χ3n) is 3.04. The van der Waals surface area contributed by atoms with Crippen LogP contribution in [0.3, 0.4) is 0 Å². The summed E-state index contributed by atoms with van der Waals surface area (Å²) in [6.07, 6.45) is 1.46. The van der Waals surface area contributed by atoms with Crippen molar-refractivity contribution in [3.05, 3.63) is 63.9 Å². The van der Waals surface area contributed by atoms with Crippen LogP contribution < -0.4 is 5.32 Å². The summed E-state index contributed by atoms with van der Waals surface area (Å²) in [6.45, 7) is 1.40. The van der Waals surface area contributed by atoms with E-state index in [1.165, 1.54) is 12.3 Å². The molecule has 120 valence electrons. The predicted octanol–water partition coefficient (Wildman–Crippen LogP) is 3.42. The Morgan fingerprint density at radius 2 is 2.04 bits per heavy atom. The number of hydrogen-bond donors (Lipinski definition) is 1. The van der Waals surface area contributed by atoms with Gasteiger partial charge in [-0.15, -0.1) is 0 Å². The normalized spacial score (nSPS) is 11.6. The standard InChI is InChI=1S/C16H14Cl2N2O3/c1-10(11-4-2-5-12(17)8-11)20-14(21)9-23-16(22)13-6-3-7-19-15(13)18/h2-8,10H,9H2,1H3,(H,20,21)/t10-/m1/s1. The summed E-state index contributed by atoms with van der Waals surface area (Å²) < 4.78 is 4.93. The largest absolute Gasteiger partial charge is 0.452 e. The van der Waals surface area contributed by atoms with E-state index in [1.807, 2.05) is 13.0 Å². The minimum atomic E-state index is -0.700. The van der Waals surface area contributed by atoms with Crippen molar-refractivity contribution < 1.29 is 14.3 Å². The number of nitrogens with zero attached hydrogens (tertiary/aromatic N) is 1. The van der Waals surface area contributed by atoms with Gasteiger partial charge in [-0.3, -0.25) is 4.79 Å². The molecule has 0 saturated carbocycles. The molecule has 5 nitrogen and oxygen atoms in total. The fraction of sp³-hybridized carbons (Fsp3) is 0.188. The maximum absolute atomic E-state index is 11.9. The summed E-state index contributed by atoms with van der Waals surface area (Å²) in [5, 5.41) is 3.34. The first kappa shape index (κ1) is 17.2. The molecule has 0 aliphatic rings. The number of aromatic nitrogens is 1. The predicted molar refractivity (Wildman–Crippen MR) is 87.5 cm³/mol. The van der Waals surface area contributed by atoms with Crippen molar-refractivity contribution in [1.29, 1.82) is 0 Å². The van der Waals surface area contributed by atoms with Gasteiger partial charge in [-0.25, -0.2) is 9.78 Å². The molecule has 2 rings (SSSR count). The van der Waals surface area contributed by atoms with Crippen molar-refractivity contribution in [2.75, 3.05) is 6.61 Å². The second kappa shape index (κ2) is 7.94. The van der Waals surface area contributed by atoms with E-state index in [0.717, 1.165) is 5.56 Å². The maximum atomic E-state index is 11.9. The Hall–Kier alpha value is -2.11. The van der Waals surface area contributed by atoms with Crippen LogP contribution in [0.4, 0.5) is 0 Å². The Bertz CT molecular complexity index is 722. The van der Waals surface area contributed by atoms with Gasteiger partial charge in [-0.2, -0.15) is 0 Å². The molecule has 0 saturated heterocycles. The van der Waals surface area contributed by atoms with Crippen LogP contribution in [0, 0.1) is 0 Å². The molecule has 0 unspecified atom stereocenters. The van der Waals surface area contributed by atoms with E-state index in [-0.39, 0.29) is 16.8 Å². The summed E-state index contributed by atoms with van der Waals surface area (Å²) in [5.41, 5.74) is 0.970. The lowest BCUT2D eigenvalue weighted by atomic mass is 10.1. The van der Waals surface area contributed by atoms with Crippen molar-refractivity contribution in [1.82, 2.24) is 10.3 Å². The molecule has 1 amide bonds. The molecule has 0 spiro atoms. The van der Waals surface area contributed by atoms with E-state index in [4.69, 9.17) is 27.9 Å². The van der Waals surface area contributed by atoms with Crippen molar-refractivity contribution in [3.63, 3.8) is 0 Å². The van der Waals surface area contributed by atoms with Gasteiger partial charge in [0, 0.05) is 11.2 Å². The number of pyridine rings is 1. The van der Waals surface area contributed by atoms with Crippen LogP contribution in [-0.4, -0.2) is 23.5 Å². The zero-order valence-electron chi connectivity index (χ0n) is 12.3. The first-order chi connectivity index (χ1) is 11.0. The van der Waals surface area contributed by atoms with Crippen molar-refractivity contribution in [3.8, 4) is 0 Å². The van der Waals surface area contributed by atoms with Crippen LogP contribution in [0.5, 0.6) is 0 Å². The molecule has 0 aliphatic carbocycles. The highest BCUT2D eigenvalue weighted by Gasteiger charge is 2.15. The first-order valence-electron chi connectivity index (χ1n) is 6.80. The fourth-order valence-corrected chi connectivity index (χ4v) is 2.28. The summed E-state index contributed by atoms with van der Waals surface area (Å²) in [6, 6.07) is 9.92. The number of halogens is 2. The lowest BCUT2D eigenvalue weighted by Gasteiger charge is -2.14. The third kappa shape index (κ3) is 4.94. The number of amides is 1. The Kier molecular flexibility index (Phi) is 5.96. The zero-order valence-corrected chi connectivity index (χ0v) is 13.8. The summed E-state index contributed by atoms with van der Waals surface area (Å²) >= 11 is 11.7. The van der Waals surface area contributed by atoms with E-state index < -0.39 is 18.5 Å². The quantitative estimate of drug-likeness (QED) is 0.661. The molecule has 0 radical (unpaired) electrons. The lowest BCUT2D eigenvalue weighted by molar-refractivity contribution is -0.124. The molecule has 1 aromatic carbocycles. The van der Waals surface area contributed by atoms with Crippen LogP contribution in [0.25, 0.3) is 0 Å². The summed E-state index contributed by atoms with van der Waals surface area (Å²) in [5.74, 6) is -1.13. The van der Waals surface area contributed by atoms with Gasteiger partial charge in [0.05, 0.1) is 11.6 Å². The Labute approximate surface area is 143 Å². The van der Waals surface area contributed by atoms with E-state index in [2.05, 4.69) is 10.3 Å². The van der Waals surface area contributed by atoms with E-state index >= 15 is 0 Å². The molecular formula is C16H14Cl2N2O3. The van der Waals surface area contributed by atoms with Crippen LogP contribution in [-0.2, 0) is 9.53 Å². The van der Waals surface area contributed by atoms with Crippen LogP contribution in [0.2, 0.25) is 10.2 Å². The SMILES string of the molecule is C[C@@H](NC(=O)COC(=O)c1cccnc1Cl)c1cccc(Cl)c1. The lowest BCUT2D eigenvalue weighted by Crippen LogP contribution is -2.31. The Morgan fingerprint density at radius 1 is 1.26 bits per heavy atom. The van der Waals surface area contributed by atoms with E-state index in [9.17, 15) is 9.59 Å². The molecule has 0 aliphatic heterocycles. The number of ether oxygens (including phenoxy) is 1. The molecule has 7 heteroatoms. The third-order valence-corrected chi connectivity index (χ3v) is 3.58. The molecule has 1 atom stereocenters. The van der Waals surface area contributed by atoms with Crippen molar-refractivity contribution in [2.24, 2.45) is 0 Å². The smallest absolute Gasteiger partial charge is 0.341 e. The summed E-state index contributed by atoms with van der Waals surface area (Å²) in [4.78, 5) is 27.5. The number of benzene rings is 1. The monoisotopic (exact) mass is 352 g/mol. The van der Waals surface area contributed by atoms with Crippen LogP contribution in [0.15, 0.2) is 42.6 Å². The molecular weight excluding hydrogens is 339 g/mol. The molecule has 2 aromatic rings. The molecule has 23 heavy (non-hydrogen) atoms. The van der Waals surface area contributed by atoms with Gasteiger partial charge in [-0.1, -0.05) is 35.3 Å². The van der Waals surface area contributed by atoms with Gasteiger partial charge in [0.15, 0.2) is 6.61 Å². The van der Waals surface area contributed by atoms with Crippen molar-refractivity contribution in [2.45, 2.75) is 13.0 Å². The zero-order chi connectivity index (χ0) is 16.8. The fourth-order valence-electron chi connectivity index (χ4n) is 1.89. The highest BCUT2D eigenvalue weighted by Crippen LogP contribution is 2.17. The highest BCUT2D eigenvalue weighted by atomic mass is 35.5. The maximum Gasteiger partial charge on any atom is 0.341 e. The average Bonchev–Trinajstić information content (AvgIpc) is 2.53. The molecule has 1 aromatic heterocycles. The van der Waals surface area contributed by atoms with Gasteiger partial charge in [0.1, 0.15) is 5.15 Å². The molecule has 0 fully saturated rings. The van der Waals surface area contributed by atoms with E-state index in [1.54, 1.807) is 24.3 Å². The number of hydrogen-bond acceptors (Lipinski definition) is 4.